The van der Waals surface area contributed by atoms with Crippen LogP contribution in [0.15, 0.2) is 6.33 Å². The van der Waals surface area contributed by atoms with Gasteiger partial charge >= 0.3 is 0 Å². The molecule has 1 aliphatic heterocycles. The summed E-state index contributed by atoms with van der Waals surface area (Å²) in [4.78, 5) is 20.4. The third-order valence-corrected chi connectivity index (χ3v) is 3.12. The van der Waals surface area contributed by atoms with Crippen LogP contribution in [0.2, 0.25) is 0 Å². The quantitative estimate of drug-likeness (QED) is 0.779. The van der Waals surface area contributed by atoms with E-state index in [1.807, 2.05) is 14.0 Å². The molecule has 2 rings (SSSR count). The first-order valence-electron chi connectivity index (χ1n) is 5.63. The summed E-state index contributed by atoms with van der Waals surface area (Å²) in [5.41, 5.74) is 2.16. The number of aryl methyl sites for hydroxylation is 1. The van der Waals surface area contributed by atoms with E-state index in [2.05, 4.69) is 15.3 Å². The van der Waals surface area contributed by atoms with Crippen molar-refractivity contribution in [3.8, 4) is 0 Å². The van der Waals surface area contributed by atoms with E-state index < -0.39 is 0 Å². The molecular formula is C11H18N4O. The molecule has 88 valence electrons. The number of aromatic amines is 1. The molecule has 0 radical (unpaired) electrons. The summed E-state index contributed by atoms with van der Waals surface area (Å²) in [6.45, 7) is 3.57. The zero-order valence-corrected chi connectivity index (χ0v) is 9.79. The molecule has 5 nitrogen and oxygen atoms in total. The standard InChI is InChI=1S/C11H18N4O/c1-8-10(14-7-13-8)5-12-9-3-4-11(16)15(2)6-9/h7,9,12H,3-6H2,1-2H3,(H,13,14). The molecular weight excluding hydrogens is 204 g/mol. The fourth-order valence-corrected chi connectivity index (χ4v) is 1.99. The average Bonchev–Trinajstić information content (AvgIpc) is 2.66. The van der Waals surface area contributed by atoms with Gasteiger partial charge in [0.15, 0.2) is 0 Å². The number of hydrogen-bond acceptors (Lipinski definition) is 3. The Morgan fingerprint density at radius 1 is 1.69 bits per heavy atom. The van der Waals surface area contributed by atoms with Crippen LogP contribution in [-0.4, -0.2) is 40.4 Å². The number of piperidine rings is 1. The normalized spacial score (nSPS) is 21.5. The lowest BCUT2D eigenvalue weighted by molar-refractivity contribution is -0.132. The van der Waals surface area contributed by atoms with Gasteiger partial charge in [0.1, 0.15) is 0 Å². The molecule has 1 aromatic heterocycles. The minimum Gasteiger partial charge on any atom is -0.348 e. The maximum atomic E-state index is 11.3. The lowest BCUT2D eigenvalue weighted by Crippen LogP contribution is -2.46. The van der Waals surface area contributed by atoms with Gasteiger partial charge in [0.25, 0.3) is 0 Å². The van der Waals surface area contributed by atoms with Gasteiger partial charge in [-0.1, -0.05) is 0 Å². The molecule has 0 saturated carbocycles. The molecule has 0 spiro atoms. The molecule has 1 atom stereocenters. The average molecular weight is 222 g/mol. The van der Waals surface area contributed by atoms with Crippen molar-refractivity contribution >= 4 is 5.91 Å². The molecule has 1 aromatic rings. The van der Waals surface area contributed by atoms with Crippen molar-refractivity contribution in [1.29, 1.82) is 0 Å². The fraction of sp³-hybridized carbons (Fsp3) is 0.636. The number of H-pyrrole nitrogens is 1. The van der Waals surface area contributed by atoms with Crippen molar-refractivity contribution in [1.82, 2.24) is 20.2 Å². The Hall–Kier alpha value is -1.36. The van der Waals surface area contributed by atoms with E-state index in [-0.39, 0.29) is 5.91 Å². The number of nitrogens with zero attached hydrogens (tertiary/aromatic N) is 2. The van der Waals surface area contributed by atoms with E-state index in [4.69, 9.17) is 0 Å². The first-order valence-corrected chi connectivity index (χ1v) is 5.63. The van der Waals surface area contributed by atoms with Gasteiger partial charge in [-0.05, 0) is 13.3 Å². The summed E-state index contributed by atoms with van der Waals surface area (Å²) < 4.78 is 0. The smallest absolute Gasteiger partial charge is 0.222 e. The van der Waals surface area contributed by atoms with Crippen LogP contribution in [-0.2, 0) is 11.3 Å². The monoisotopic (exact) mass is 222 g/mol. The van der Waals surface area contributed by atoms with Crippen LogP contribution in [0.4, 0.5) is 0 Å². The number of nitrogens with one attached hydrogen (secondary N) is 2. The van der Waals surface area contributed by atoms with E-state index in [1.165, 1.54) is 0 Å². The van der Waals surface area contributed by atoms with Crippen molar-refractivity contribution in [2.45, 2.75) is 32.4 Å². The van der Waals surface area contributed by atoms with Crippen LogP contribution in [0, 0.1) is 6.92 Å². The number of carbonyl (C=O) groups is 1. The van der Waals surface area contributed by atoms with Crippen LogP contribution < -0.4 is 5.32 Å². The Kier molecular flexibility index (Phi) is 3.24. The Balaban J connectivity index is 1.83. The van der Waals surface area contributed by atoms with Crippen LogP contribution in [0.1, 0.15) is 24.2 Å². The fourth-order valence-electron chi connectivity index (χ4n) is 1.99. The van der Waals surface area contributed by atoms with Crippen LogP contribution in [0.3, 0.4) is 0 Å². The highest BCUT2D eigenvalue weighted by atomic mass is 16.2. The molecule has 2 heterocycles. The molecule has 1 aliphatic rings. The van der Waals surface area contributed by atoms with Crippen molar-refractivity contribution in [2.75, 3.05) is 13.6 Å². The van der Waals surface area contributed by atoms with E-state index in [9.17, 15) is 4.79 Å². The number of likely N-dealkylation sites (tertiary alicyclic amines) is 1. The van der Waals surface area contributed by atoms with Gasteiger partial charge in [0.2, 0.25) is 5.91 Å². The molecule has 1 amide bonds. The second-order valence-corrected chi connectivity index (χ2v) is 4.36. The second kappa shape index (κ2) is 4.65. The van der Waals surface area contributed by atoms with Gasteiger partial charge < -0.3 is 15.2 Å². The number of likely N-dealkylation sites (N-methyl/N-ethyl adjacent to an activating group) is 1. The van der Waals surface area contributed by atoms with Crippen molar-refractivity contribution in [2.24, 2.45) is 0 Å². The summed E-state index contributed by atoms with van der Waals surface area (Å²) in [5.74, 6) is 0.244. The third-order valence-electron chi connectivity index (χ3n) is 3.12. The Morgan fingerprint density at radius 3 is 3.12 bits per heavy atom. The third kappa shape index (κ3) is 2.41. The lowest BCUT2D eigenvalue weighted by atomic mass is 10.1. The highest BCUT2D eigenvalue weighted by Gasteiger charge is 2.22. The molecule has 0 bridgehead atoms. The largest absolute Gasteiger partial charge is 0.348 e. The van der Waals surface area contributed by atoms with Crippen LogP contribution in [0.25, 0.3) is 0 Å². The molecule has 1 fully saturated rings. The van der Waals surface area contributed by atoms with Gasteiger partial charge in [-0.15, -0.1) is 0 Å². The maximum absolute atomic E-state index is 11.3. The van der Waals surface area contributed by atoms with Gasteiger partial charge in [-0.3, -0.25) is 4.79 Å². The van der Waals surface area contributed by atoms with Crippen molar-refractivity contribution in [3.63, 3.8) is 0 Å². The zero-order chi connectivity index (χ0) is 11.5. The molecule has 5 heteroatoms. The first-order chi connectivity index (χ1) is 7.66. The number of hydrogen-bond donors (Lipinski definition) is 2. The zero-order valence-electron chi connectivity index (χ0n) is 9.79. The van der Waals surface area contributed by atoms with Gasteiger partial charge in [-0.2, -0.15) is 0 Å². The lowest BCUT2D eigenvalue weighted by Gasteiger charge is -2.30. The van der Waals surface area contributed by atoms with Crippen molar-refractivity contribution in [3.05, 3.63) is 17.7 Å². The van der Waals surface area contributed by atoms with Gasteiger partial charge in [-0.25, -0.2) is 4.98 Å². The molecule has 1 saturated heterocycles. The molecule has 0 aliphatic carbocycles. The number of aromatic nitrogens is 2. The Morgan fingerprint density at radius 2 is 2.50 bits per heavy atom. The van der Waals surface area contributed by atoms with E-state index >= 15 is 0 Å². The Bertz CT molecular complexity index is 374. The van der Waals surface area contributed by atoms with E-state index in [0.29, 0.717) is 12.5 Å². The predicted octanol–water partition coefficient (Wildman–Crippen LogP) is 0.429. The SMILES string of the molecule is Cc1[nH]cnc1CNC1CCC(=O)N(C)C1. The van der Waals surface area contributed by atoms with Crippen molar-refractivity contribution < 1.29 is 4.79 Å². The molecule has 0 aromatic carbocycles. The van der Waals surface area contributed by atoms with Gasteiger partial charge in [0, 0.05) is 38.3 Å². The minimum atomic E-state index is 0.244. The van der Waals surface area contributed by atoms with Gasteiger partial charge in [0.05, 0.1) is 12.0 Å². The highest BCUT2D eigenvalue weighted by Crippen LogP contribution is 2.10. The first kappa shape index (κ1) is 11.1. The molecule has 1 unspecified atom stereocenters. The summed E-state index contributed by atoms with van der Waals surface area (Å²) in [6, 6.07) is 0.388. The molecule has 16 heavy (non-hydrogen) atoms. The predicted molar refractivity (Wildman–Crippen MR) is 60.8 cm³/mol. The van der Waals surface area contributed by atoms with E-state index in [0.717, 1.165) is 30.9 Å². The summed E-state index contributed by atoms with van der Waals surface area (Å²) in [6.07, 6.45) is 3.28. The number of imidazole rings is 1. The number of carbonyl (C=O) groups excluding carboxylic acids is 1. The number of amides is 1. The van der Waals surface area contributed by atoms with E-state index in [1.54, 1.807) is 11.2 Å². The minimum absolute atomic E-state index is 0.244. The topological polar surface area (TPSA) is 61.0 Å². The molecule has 2 N–H and O–H groups in total. The summed E-state index contributed by atoms with van der Waals surface area (Å²) >= 11 is 0. The second-order valence-electron chi connectivity index (χ2n) is 4.36. The maximum Gasteiger partial charge on any atom is 0.222 e. The number of rotatable bonds is 3. The van der Waals surface area contributed by atoms with Crippen LogP contribution in [0.5, 0.6) is 0 Å². The summed E-state index contributed by atoms with van der Waals surface area (Å²) in [7, 11) is 1.86. The highest BCUT2D eigenvalue weighted by molar-refractivity contribution is 5.76. The van der Waals surface area contributed by atoms with Crippen LogP contribution >= 0.6 is 0 Å². The summed E-state index contributed by atoms with van der Waals surface area (Å²) in [5, 5.41) is 3.44. The Labute approximate surface area is 95.2 Å².